The van der Waals surface area contributed by atoms with Gasteiger partial charge >= 0.3 is 0 Å². The Bertz CT molecular complexity index is 450. The lowest BCUT2D eigenvalue weighted by atomic mass is 10.1. The maximum atomic E-state index is 11.6. The molecule has 2 atom stereocenters. The standard InChI is InChI=1S/C13H19N3OS/c1-8-5-4-6-11(8)15-12-10(9(2)17)7-14-13(16-12)18-3/h7-8,11H,4-6H2,1-3H3,(H,14,15,16). The molecule has 1 heterocycles. The highest BCUT2D eigenvalue weighted by Crippen LogP contribution is 2.29. The molecule has 1 fully saturated rings. The summed E-state index contributed by atoms with van der Waals surface area (Å²) in [7, 11) is 0. The molecule has 0 aliphatic heterocycles. The van der Waals surface area contributed by atoms with Gasteiger partial charge in [0.25, 0.3) is 0 Å². The quantitative estimate of drug-likeness (QED) is 0.515. The van der Waals surface area contributed by atoms with E-state index in [4.69, 9.17) is 0 Å². The average Bonchev–Trinajstić information content (AvgIpc) is 2.74. The van der Waals surface area contributed by atoms with Gasteiger partial charge < -0.3 is 5.32 Å². The fourth-order valence-corrected chi connectivity index (χ4v) is 2.71. The van der Waals surface area contributed by atoms with Gasteiger partial charge in [-0.1, -0.05) is 25.1 Å². The van der Waals surface area contributed by atoms with Crippen molar-refractivity contribution in [2.45, 2.75) is 44.3 Å². The molecule has 1 aliphatic rings. The van der Waals surface area contributed by atoms with Crippen molar-refractivity contribution in [2.24, 2.45) is 5.92 Å². The highest BCUT2D eigenvalue weighted by atomic mass is 32.2. The van der Waals surface area contributed by atoms with Gasteiger partial charge in [0.05, 0.1) is 5.56 Å². The number of carbonyl (C=O) groups is 1. The molecule has 1 N–H and O–H groups in total. The van der Waals surface area contributed by atoms with Crippen molar-refractivity contribution < 1.29 is 4.79 Å². The van der Waals surface area contributed by atoms with E-state index in [9.17, 15) is 4.79 Å². The second-order valence-corrected chi connectivity index (χ2v) is 5.61. The van der Waals surface area contributed by atoms with E-state index in [1.807, 2.05) is 6.26 Å². The Morgan fingerprint density at radius 3 is 2.83 bits per heavy atom. The molecule has 2 unspecified atom stereocenters. The molecule has 2 rings (SSSR count). The second kappa shape index (κ2) is 5.69. The van der Waals surface area contributed by atoms with Crippen LogP contribution in [0.3, 0.4) is 0 Å². The summed E-state index contributed by atoms with van der Waals surface area (Å²) in [6.07, 6.45) is 7.20. The van der Waals surface area contributed by atoms with E-state index in [1.165, 1.54) is 24.6 Å². The summed E-state index contributed by atoms with van der Waals surface area (Å²) in [6, 6.07) is 0.424. The summed E-state index contributed by atoms with van der Waals surface area (Å²) < 4.78 is 0. The highest BCUT2D eigenvalue weighted by molar-refractivity contribution is 7.98. The zero-order valence-electron chi connectivity index (χ0n) is 11.1. The van der Waals surface area contributed by atoms with Gasteiger partial charge in [0.15, 0.2) is 10.9 Å². The van der Waals surface area contributed by atoms with Gasteiger partial charge in [0, 0.05) is 12.2 Å². The lowest BCUT2D eigenvalue weighted by Gasteiger charge is -2.19. The largest absolute Gasteiger partial charge is 0.366 e. The van der Waals surface area contributed by atoms with Crippen LogP contribution in [0.5, 0.6) is 0 Å². The molecule has 1 aromatic rings. The number of aromatic nitrogens is 2. The van der Waals surface area contributed by atoms with Crippen molar-refractivity contribution in [2.75, 3.05) is 11.6 Å². The lowest BCUT2D eigenvalue weighted by molar-refractivity contribution is 0.101. The molecule has 0 radical (unpaired) electrons. The molecule has 0 aromatic carbocycles. The summed E-state index contributed by atoms with van der Waals surface area (Å²) in [4.78, 5) is 20.2. The molecule has 18 heavy (non-hydrogen) atoms. The van der Waals surface area contributed by atoms with E-state index in [2.05, 4.69) is 22.2 Å². The van der Waals surface area contributed by atoms with E-state index in [0.29, 0.717) is 28.5 Å². The average molecular weight is 265 g/mol. The Labute approximate surface area is 112 Å². The molecule has 4 nitrogen and oxygen atoms in total. The van der Waals surface area contributed by atoms with Gasteiger partial charge in [-0.15, -0.1) is 0 Å². The first-order chi connectivity index (χ1) is 8.61. The zero-order chi connectivity index (χ0) is 13.1. The van der Waals surface area contributed by atoms with Crippen LogP contribution >= 0.6 is 11.8 Å². The van der Waals surface area contributed by atoms with Crippen LogP contribution in [-0.4, -0.2) is 28.0 Å². The topological polar surface area (TPSA) is 54.9 Å². The molecule has 0 amide bonds. The number of hydrogen-bond donors (Lipinski definition) is 1. The second-order valence-electron chi connectivity index (χ2n) is 4.83. The van der Waals surface area contributed by atoms with Crippen LogP contribution in [0.2, 0.25) is 0 Å². The van der Waals surface area contributed by atoms with Crippen LogP contribution in [0, 0.1) is 5.92 Å². The van der Waals surface area contributed by atoms with Gasteiger partial charge in [-0.3, -0.25) is 4.79 Å². The van der Waals surface area contributed by atoms with Gasteiger partial charge in [-0.25, -0.2) is 9.97 Å². The molecule has 1 saturated carbocycles. The first-order valence-corrected chi connectivity index (χ1v) is 7.52. The van der Waals surface area contributed by atoms with Gasteiger partial charge in [0.1, 0.15) is 5.82 Å². The molecular formula is C13H19N3OS. The van der Waals surface area contributed by atoms with Crippen LogP contribution in [-0.2, 0) is 0 Å². The minimum atomic E-state index is 0.0100. The number of carbonyl (C=O) groups excluding carboxylic acids is 1. The number of nitrogens with one attached hydrogen (secondary N) is 1. The number of ketones is 1. The van der Waals surface area contributed by atoms with Gasteiger partial charge in [-0.05, 0) is 31.9 Å². The van der Waals surface area contributed by atoms with E-state index in [1.54, 1.807) is 13.1 Å². The number of anilines is 1. The number of rotatable bonds is 4. The van der Waals surface area contributed by atoms with Crippen LogP contribution in [0.15, 0.2) is 11.4 Å². The molecular weight excluding hydrogens is 246 g/mol. The van der Waals surface area contributed by atoms with E-state index < -0.39 is 0 Å². The number of thioether (sulfide) groups is 1. The third-order valence-corrected chi connectivity index (χ3v) is 4.07. The SMILES string of the molecule is CSc1ncc(C(C)=O)c(NC2CCCC2C)n1. The van der Waals surface area contributed by atoms with Crippen molar-refractivity contribution in [1.82, 2.24) is 9.97 Å². The Balaban J connectivity index is 2.25. The number of nitrogens with zero attached hydrogens (tertiary/aromatic N) is 2. The maximum Gasteiger partial charge on any atom is 0.189 e. The number of hydrogen-bond acceptors (Lipinski definition) is 5. The van der Waals surface area contributed by atoms with Gasteiger partial charge in [-0.2, -0.15) is 0 Å². The van der Waals surface area contributed by atoms with Crippen molar-refractivity contribution in [3.05, 3.63) is 11.8 Å². The zero-order valence-corrected chi connectivity index (χ0v) is 11.9. The Hall–Kier alpha value is -1.10. The fraction of sp³-hybridized carbons (Fsp3) is 0.615. The predicted molar refractivity (Wildman–Crippen MR) is 74.2 cm³/mol. The van der Waals surface area contributed by atoms with Crippen LogP contribution in [0.25, 0.3) is 0 Å². The summed E-state index contributed by atoms with van der Waals surface area (Å²) in [5.74, 6) is 1.34. The summed E-state index contributed by atoms with van der Waals surface area (Å²) in [5.41, 5.74) is 0.590. The molecule has 1 aromatic heterocycles. The summed E-state index contributed by atoms with van der Waals surface area (Å²) >= 11 is 1.49. The van der Waals surface area contributed by atoms with E-state index in [0.717, 1.165) is 6.42 Å². The summed E-state index contributed by atoms with van der Waals surface area (Å²) in [6.45, 7) is 3.80. The highest BCUT2D eigenvalue weighted by Gasteiger charge is 2.25. The third-order valence-electron chi connectivity index (χ3n) is 3.51. The lowest BCUT2D eigenvalue weighted by Crippen LogP contribution is -2.24. The van der Waals surface area contributed by atoms with Gasteiger partial charge in [0.2, 0.25) is 0 Å². The maximum absolute atomic E-state index is 11.6. The Kier molecular flexibility index (Phi) is 4.22. The van der Waals surface area contributed by atoms with Crippen LogP contribution in [0.1, 0.15) is 43.5 Å². The van der Waals surface area contributed by atoms with E-state index >= 15 is 0 Å². The smallest absolute Gasteiger partial charge is 0.189 e. The Morgan fingerprint density at radius 1 is 1.50 bits per heavy atom. The van der Waals surface area contributed by atoms with E-state index in [-0.39, 0.29) is 5.78 Å². The summed E-state index contributed by atoms with van der Waals surface area (Å²) in [5, 5.41) is 4.13. The molecule has 0 bridgehead atoms. The molecule has 5 heteroatoms. The first-order valence-electron chi connectivity index (χ1n) is 6.30. The first kappa shape index (κ1) is 13.3. The van der Waals surface area contributed by atoms with Crippen molar-refractivity contribution in [1.29, 1.82) is 0 Å². The van der Waals surface area contributed by atoms with Crippen LogP contribution in [0.4, 0.5) is 5.82 Å². The molecule has 98 valence electrons. The normalized spacial score (nSPS) is 23.1. The molecule has 0 spiro atoms. The minimum Gasteiger partial charge on any atom is -0.366 e. The van der Waals surface area contributed by atoms with Crippen molar-refractivity contribution in [3.8, 4) is 0 Å². The number of Topliss-reactive ketones (excluding diaryl/α,β-unsaturated/α-hetero) is 1. The predicted octanol–water partition coefficient (Wildman–Crippen LogP) is 3.00. The van der Waals surface area contributed by atoms with Crippen molar-refractivity contribution >= 4 is 23.4 Å². The minimum absolute atomic E-state index is 0.0100. The molecule has 0 saturated heterocycles. The monoisotopic (exact) mass is 265 g/mol. The molecule has 1 aliphatic carbocycles. The van der Waals surface area contributed by atoms with Crippen molar-refractivity contribution in [3.63, 3.8) is 0 Å². The fourth-order valence-electron chi connectivity index (χ4n) is 2.37. The van der Waals surface area contributed by atoms with Crippen LogP contribution < -0.4 is 5.32 Å². The third kappa shape index (κ3) is 2.83. The Morgan fingerprint density at radius 2 is 2.28 bits per heavy atom.